The zero-order chi connectivity index (χ0) is 26.4. The molecule has 3 N–H and O–H groups in total. The highest BCUT2D eigenvalue weighted by molar-refractivity contribution is 7.89. The maximum absolute atomic E-state index is 14.4. The molecule has 4 aromatic rings. The molecule has 1 amide bonds. The second-order valence-electron chi connectivity index (χ2n) is 8.11. The summed E-state index contributed by atoms with van der Waals surface area (Å²) in [6.45, 7) is 1.55. The van der Waals surface area contributed by atoms with Crippen LogP contribution in [0.3, 0.4) is 0 Å². The Kier molecular flexibility index (Phi) is 8.01. The van der Waals surface area contributed by atoms with Crippen molar-refractivity contribution in [1.82, 2.24) is 25.3 Å². The number of aliphatic hydroxyl groups excluding tert-OH is 1. The smallest absolute Gasteiger partial charge is 0.240 e. The Morgan fingerprint density at radius 3 is 2.51 bits per heavy atom. The number of amides is 1. The molecule has 0 radical (unpaired) electrons. The van der Waals surface area contributed by atoms with Crippen LogP contribution in [-0.2, 0) is 21.4 Å². The summed E-state index contributed by atoms with van der Waals surface area (Å²) in [6.07, 6.45) is 0.220. The number of tetrazole rings is 1. The van der Waals surface area contributed by atoms with E-state index in [-0.39, 0.29) is 42.7 Å². The molecule has 0 aliphatic carbocycles. The van der Waals surface area contributed by atoms with Gasteiger partial charge in [0.15, 0.2) is 0 Å². The van der Waals surface area contributed by atoms with Crippen LogP contribution in [0.15, 0.2) is 71.6 Å². The maximum atomic E-state index is 14.4. The lowest BCUT2D eigenvalue weighted by molar-refractivity contribution is -0.118. The molecule has 0 spiro atoms. The normalized spacial score (nSPS) is 11.4. The minimum atomic E-state index is -3.74. The van der Waals surface area contributed by atoms with Gasteiger partial charge in [-0.15, -0.1) is 10.2 Å². The number of aliphatic hydroxyl groups is 1. The summed E-state index contributed by atoms with van der Waals surface area (Å²) in [7, 11) is -3.74. The second kappa shape index (κ2) is 11.4. The van der Waals surface area contributed by atoms with Crippen LogP contribution in [-0.4, -0.2) is 53.2 Å². The third kappa shape index (κ3) is 6.23. The Bertz CT molecular complexity index is 1480. The van der Waals surface area contributed by atoms with Gasteiger partial charge < -0.3 is 10.0 Å². The van der Waals surface area contributed by atoms with E-state index in [0.717, 1.165) is 11.1 Å². The number of benzene rings is 3. The lowest BCUT2D eigenvalue weighted by Crippen LogP contribution is -2.29. The van der Waals surface area contributed by atoms with Gasteiger partial charge in [-0.3, -0.25) is 4.79 Å². The van der Waals surface area contributed by atoms with Gasteiger partial charge in [-0.05, 0) is 52.2 Å². The van der Waals surface area contributed by atoms with Crippen LogP contribution < -0.4 is 9.62 Å². The zero-order valence-electron chi connectivity index (χ0n) is 19.9. The van der Waals surface area contributed by atoms with Crippen molar-refractivity contribution in [3.8, 4) is 22.5 Å². The number of nitrogens with one attached hydrogen (secondary N) is 2. The fraction of sp³-hybridized carbons (Fsp3) is 0.200. The standard InChI is InChI=1S/C25H25FN6O4S/c1-2-24(34)32(22-13-20(12-21(26)15-22)25-28-30-31-29-25)16-17-6-8-18(9-7-17)19-4-3-5-23(14-19)37(35,36)27-10-11-33/h3-9,12-15,27,33H,2,10-11,16H2,1H3,(H,28,29,30,31). The van der Waals surface area contributed by atoms with Crippen molar-refractivity contribution < 1.29 is 22.7 Å². The topological polar surface area (TPSA) is 141 Å². The van der Waals surface area contributed by atoms with E-state index >= 15 is 0 Å². The van der Waals surface area contributed by atoms with E-state index in [1.54, 1.807) is 31.2 Å². The van der Waals surface area contributed by atoms with E-state index in [1.807, 2.05) is 24.3 Å². The van der Waals surface area contributed by atoms with E-state index < -0.39 is 15.8 Å². The van der Waals surface area contributed by atoms with Gasteiger partial charge in [0.1, 0.15) is 5.82 Å². The molecule has 10 nitrogen and oxygen atoms in total. The highest BCUT2D eigenvalue weighted by atomic mass is 32.2. The number of sulfonamides is 1. The summed E-state index contributed by atoms with van der Waals surface area (Å²) in [5.74, 6) is -0.517. The first-order chi connectivity index (χ1) is 17.8. The molecule has 0 aliphatic rings. The number of nitrogens with zero attached hydrogens (tertiary/aromatic N) is 4. The molecular formula is C25H25FN6O4S. The maximum Gasteiger partial charge on any atom is 0.240 e. The molecule has 0 bridgehead atoms. The number of carbonyl (C=O) groups is 1. The van der Waals surface area contributed by atoms with E-state index in [0.29, 0.717) is 16.8 Å². The fourth-order valence-electron chi connectivity index (χ4n) is 3.75. The molecular weight excluding hydrogens is 499 g/mol. The van der Waals surface area contributed by atoms with Crippen molar-refractivity contribution in [2.75, 3.05) is 18.1 Å². The Morgan fingerprint density at radius 1 is 1.05 bits per heavy atom. The van der Waals surface area contributed by atoms with Gasteiger partial charge in [-0.25, -0.2) is 17.5 Å². The van der Waals surface area contributed by atoms with E-state index in [4.69, 9.17) is 5.11 Å². The van der Waals surface area contributed by atoms with Gasteiger partial charge in [-0.1, -0.05) is 43.3 Å². The summed E-state index contributed by atoms with van der Waals surface area (Å²) >= 11 is 0. The van der Waals surface area contributed by atoms with E-state index in [9.17, 15) is 17.6 Å². The molecule has 0 atom stereocenters. The summed E-state index contributed by atoms with van der Waals surface area (Å²) in [5.41, 5.74) is 3.01. The summed E-state index contributed by atoms with van der Waals surface area (Å²) in [4.78, 5) is 14.4. The van der Waals surface area contributed by atoms with Crippen LogP contribution in [0.4, 0.5) is 10.1 Å². The second-order valence-corrected chi connectivity index (χ2v) is 9.88. The van der Waals surface area contributed by atoms with Gasteiger partial charge in [-0.2, -0.15) is 5.21 Å². The Balaban J connectivity index is 1.59. The number of rotatable bonds is 10. The first kappa shape index (κ1) is 26.1. The van der Waals surface area contributed by atoms with Crippen molar-refractivity contribution in [2.45, 2.75) is 24.8 Å². The quantitative estimate of drug-likeness (QED) is 0.290. The predicted octanol–water partition coefficient (Wildman–Crippen LogP) is 2.89. The molecule has 0 aliphatic heterocycles. The summed E-state index contributed by atoms with van der Waals surface area (Å²) in [5, 5.41) is 22.5. The van der Waals surface area contributed by atoms with Crippen molar-refractivity contribution in [3.05, 3.63) is 78.1 Å². The molecule has 0 saturated heterocycles. The minimum Gasteiger partial charge on any atom is -0.395 e. The van der Waals surface area contributed by atoms with Crippen molar-refractivity contribution in [3.63, 3.8) is 0 Å². The number of hydrogen-bond donors (Lipinski definition) is 3. The van der Waals surface area contributed by atoms with Crippen LogP contribution in [0.2, 0.25) is 0 Å². The number of hydrogen-bond acceptors (Lipinski definition) is 7. The third-order valence-corrected chi connectivity index (χ3v) is 7.04. The molecule has 3 aromatic carbocycles. The van der Waals surface area contributed by atoms with Crippen LogP contribution in [0, 0.1) is 5.82 Å². The highest BCUT2D eigenvalue weighted by Crippen LogP contribution is 2.27. The third-order valence-electron chi connectivity index (χ3n) is 5.58. The van der Waals surface area contributed by atoms with Gasteiger partial charge in [0.25, 0.3) is 0 Å². The largest absolute Gasteiger partial charge is 0.395 e. The fourth-order valence-corrected chi connectivity index (χ4v) is 4.82. The molecule has 0 fully saturated rings. The molecule has 0 unspecified atom stereocenters. The number of halogens is 1. The molecule has 37 heavy (non-hydrogen) atoms. The van der Waals surface area contributed by atoms with Crippen molar-refractivity contribution in [2.24, 2.45) is 0 Å². The molecule has 1 aromatic heterocycles. The molecule has 4 rings (SSSR count). The Labute approximate surface area is 213 Å². The average molecular weight is 525 g/mol. The van der Waals surface area contributed by atoms with E-state index in [2.05, 4.69) is 25.3 Å². The number of aromatic nitrogens is 4. The summed E-state index contributed by atoms with van der Waals surface area (Å²) < 4.78 is 41.6. The average Bonchev–Trinajstić information content (AvgIpc) is 3.45. The van der Waals surface area contributed by atoms with Crippen molar-refractivity contribution in [1.29, 1.82) is 0 Å². The first-order valence-electron chi connectivity index (χ1n) is 11.5. The zero-order valence-corrected chi connectivity index (χ0v) is 20.7. The molecule has 1 heterocycles. The highest BCUT2D eigenvalue weighted by Gasteiger charge is 2.18. The van der Waals surface area contributed by atoms with Crippen LogP contribution in [0.5, 0.6) is 0 Å². The molecule has 0 saturated carbocycles. The first-order valence-corrected chi connectivity index (χ1v) is 12.9. The van der Waals surface area contributed by atoms with Gasteiger partial charge in [0.05, 0.1) is 18.0 Å². The number of H-pyrrole nitrogens is 1. The SMILES string of the molecule is CCC(=O)N(Cc1ccc(-c2cccc(S(=O)(=O)NCCO)c2)cc1)c1cc(F)cc(-c2nn[nH]n2)c1. The molecule has 192 valence electrons. The van der Waals surface area contributed by atoms with Crippen LogP contribution in [0.25, 0.3) is 22.5 Å². The van der Waals surface area contributed by atoms with Crippen LogP contribution in [0.1, 0.15) is 18.9 Å². The number of anilines is 1. The monoisotopic (exact) mass is 524 g/mol. The predicted molar refractivity (Wildman–Crippen MR) is 135 cm³/mol. The van der Waals surface area contributed by atoms with Gasteiger partial charge in [0.2, 0.25) is 21.8 Å². The minimum absolute atomic E-state index is 0.0733. The number of aromatic amines is 1. The van der Waals surface area contributed by atoms with Gasteiger partial charge >= 0.3 is 0 Å². The molecule has 12 heteroatoms. The van der Waals surface area contributed by atoms with Crippen LogP contribution >= 0.6 is 0 Å². The Morgan fingerprint density at radius 2 is 1.84 bits per heavy atom. The lowest BCUT2D eigenvalue weighted by atomic mass is 10.0. The summed E-state index contributed by atoms with van der Waals surface area (Å²) in [6, 6.07) is 18.0. The van der Waals surface area contributed by atoms with Crippen molar-refractivity contribution >= 4 is 21.6 Å². The van der Waals surface area contributed by atoms with E-state index in [1.165, 1.54) is 23.1 Å². The Hall–Kier alpha value is -4.00. The lowest BCUT2D eigenvalue weighted by Gasteiger charge is -2.23. The van der Waals surface area contributed by atoms with Gasteiger partial charge in [0, 0.05) is 24.2 Å². The number of carbonyl (C=O) groups excluding carboxylic acids is 1.